The summed E-state index contributed by atoms with van der Waals surface area (Å²) in [7, 11) is 0. The zero-order chi connectivity index (χ0) is 19.0. The molecule has 3 heterocycles. The second-order valence-corrected chi connectivity index (χ2v) is 7.74. The van der Waals surface area contributed by atoms with E-state index >= 15 is 0 Å². The number of hydrogen-bond acceptors (Lipinski definition) is 6. The van der Waals surface area contributed by atoms with Gasteiger partial charge >= 0.3 is 0 Å². The summed E-state index contributed by atoms with van der Waals surface area (Å²) in [6, 6.07) is 6.79. The Morgan fingerprint density at radius 1 is 1.33 bits per heavy atom. The second kappa shape index (κ2) is 6.90. The topological polar surface area (TPSA) is 89.6 Å². The summed E-state index contributed by atoms with van der Waals surface area (Å²) in [6.07, 6.45) is 0.964. The molecule has 1 fully saturated rings. The molecule has 0 aliphatic carbocycles. The number of carbonyl (C=O) groups excluding carboxylic acids is 1. The first-order valence-electron chi connectivity index (χ1n) is 8.27. The van der Waals surface area contributed by atoms with Crippen LogP contribution in [0.2, 0.25) is 0 Å². The lowest BCUT2D eigenvalue weighted by molar-refractivity contribution is 0.102. The normalized spacial score (nSPS) is 24.2. The van der Waals surface area contributed by atoms with Crippen molar-refractivity contribution in [2.75, 3.05) is 25.1 Å². The largest absolute Gasteiger partial charge is 0.379 e. The number of pyridine rings is 1. The number of amides is 1. The second-order valence-electron chi connectivity index (χ2n) is 6.39. The molecule has 3 N–H and O–H groups in total. The number of aromatic nitrogens is 1. The Kier molecular flexibility index (Phi) is 4.56. The van der Waals surface area contributed by atoms with Gasteiger partial charge in [-0.3, -0.25) is 9.79 Å². The van der Waals surface area contributed by atoms with E-state index < -0.39 is 22.3 Å². The van der Waals surface area contributed by atoms with Gasteiger partial charge in [0, 0.05) is 23.7 Å². The molecule has 27 heavy (non-hydrogen) atoms. The van der Waals surface area contributed by atoms with Crippen molar-refractivity contribution >= 4 is 28.5 Å². The van der Waals surface area contributed by atoms with E-state index in [1.165, 1.54) is 30.0 Å². The minimum Gasteiger partial charge on any atom is -0.379 e. The number of ether oxygens (including phenoxy) is 1. The summed E-state index contributed by atoms with van der Waals surface area (Å²) in [5, 5.41) is 3.06. The van der Waals surface area contributed by atoms with Crippen molar-refractivity contribution in [1.29, 1.82) is 0 Å². The maximum atomic E-state index is 14.7. The Hall–Kier alpha value is -2.52. The number of rotatable bonds is 3. The van der Waals surface area contributed by atoms with E-state index in [0.717, 1.165) is 12.3 Å². The molecule has 2 aliphatic heterocycles. The van der Waals surface area contributed by atoms with E-state index in [-0.39, 0.29) is 11.6 Å². The van der Waals surface area contributed by atoms with Gasteiger partial charge in [0.25, 0.3) is 5.91 Å². The Balaban J connectivity index is 1.65. The van der Waals surface area contributed by atoms with Crippen molar-refractivity contribution in [3.05, 3.63) is 59.4 Å². The van der Waals surface area contributed by atoms with Crippen LogP contribution in [0.1, 0.15) is 16.1 Å². The molecule has 2 atom stereocenters. The maximum absolute atomic E-state index is 14.7. The van der Waals surface area contributed by atoms with Gasteiger partial charge in [0.15, 0.2) is 5.17 Å². The van der Waals surface area contributed by atoms with Crippen molar-refractivity contribution in [3.63, 3.8) is 0 Å². The van der Waals surface area contributed by atoms with Crippen LogP contribution in [0.15, 0.2) is 41.5 Å². The van der Waals surface area contributed by atoms with Gasteiger partial charge in [0.1, 0.15) is 17.3 Å². The van der Waals surface area contributed by atoms with Crippen LogP contribution in [0.4, 0.5) is 14.5 Å². The number of halogens is 2. The number of nitrogens with one attached hydrogen (secondary N) is 1. The molecule has 2 aliphatic rings. The fourth-order valence-corrected chi connectivity index (χ4v) is 4.55. The predicted octanol–water partition coefficient (Wildman–Crippen LogP) is 2.52. The molecule has 140 valence electrons. The lowest BCUT2D eigenvalue weighted by atomic mass is 9.87. The molecule has 0 radical (unpaired) electrons. The first-order valence-corrected chi connectivity index (χ1v) is 9.09. The Morgan fingerprint density at radius 2 is 2.19 bits per heavy atom. The summed E-state index contributed by atoms with van der Waals surface area (Å²) >= 11 is 1.29. The molecule has 0 saturated carbocycles. The highest BCUT2D eigenvalue weighted by molar-refractivity contribution is 8.14. The van der Waals surface area contributed by atoms with E-state index in [9.17, 15) is 13.6 Å². The van der Waals surface area contributed by atoms with Gasteiger partial charge in [0.2, 0.25) is 0 Å². The summed E-state index contributed by atoms with van der Waals surface area (Å²) in [5.74, 6) is -1.45. The van der Waals surface area contributed by atoms with Crippen molar-refractivity contribution in [1.82, 2.24) is 4.98 Å². The van der Waals surface area contributed by atoms with Gasteiger partial charge < -0.3 is 15.8 Å². The van der Waals surface area contributed by atoms with Crippen LogP contribution >= 0.6 is 11.8 Å². The van der Waals surface area contributed by atoms with E-state index in [1.807, 2.05) is 0 Å². The molecule has 9 heteroatoms. The fraction of sp³-hybridized carbons (Fsp3) is 0.278. The van der Waals surface area contributed by atoms with E-state index in [4.69, 9.17) is 10.5 Å². The van der Waals surface area contributed by atoms with Crippen molar-refractivity contribution < 1.29 is 18.3 Å². The number of benzene rings is 1. The van der Waals surface area contributed by atoms with Crippen LogP contribution in [-0.4, -0.2) is 35.8 Å². The maximum Gasteiger partial charge on any atom is 0.274 e. The molecule has 1 amide bonds. The zero-order valence-corrected chi connectivity index (χ0v) is 14.9. The van der Waals surface area contributed by atoms with Gasteiger partial charge in [-0.15, -0.1) is 0 Å². The SMILES string of the molecule is NC1=NC[C@H]2COC[C@]2(c2cc(NC(=O)c3ccc(F)cn3)ccc2F)S1. The highest BCUT2D eigenvalue weighted by atomic mass is 32.2. The lowest BCUT2D eigenvalue weighted by Gasteiger charge is -2.35. The van der Waals surface area contributed by atoms with Crippen LogP contribution < -0.4 is 11.1 Å². The van der Waals surface area contributed by atoms with Crippen LogP contribution in [0.3, 0.4) is 0 Å². The van der Waals surface area contributed by atoms with Gasteiger partial charge in [-0.1, -0.05) is 11.8 Å². The summed E-state index contributed by atoms with van der Waals surface area (Å²) in [4.78, 5) is 20.3. The molecule has 2 aromatic rings. The summed E-state index contributed by atoms with van der Waals surface area (Å²) in [5.41, 5.74) is 6.78. The number of carbonyl (C=O) groups is 1. The first-order chi connectivity index (χ1) is 13.0. The third-order valence-corrected chi connectivity index (χ3v) is 6.06. The molecular formula is C18H16F2N4O2S. The van der Waals surface area contributed by atoms with Crippen molar-refractivity contribution in [3.8, 4) is 0 Å². The quantitative estimate of drug-likeness (QED) is 0.841. The number of fused-ring (bicyclic) bond motifs is 1. The third kappa shape index (κ3) is 3.28. The molecule has 1 saturated heterocycles. The lowest BCUT2D eigenvalue weighted by Crippen LogP contribution is -2.39. The minimum atomic E-state index is -0.676. The van der Waals surface area contributed by atoms with Crippen LogP contribution in [0.25, 0.3) is 0 Å². The number of amidine groups is 1. The highest BCUT2D eigenvalue weighted by Crippen LogP contribution is 2.50. The van der Waals surface area contributed by atoms with E-state index in [2.05, 4.69) is 15.3 Å². The molecule has 6 nitrogen and oxygen atoms in total. The molecular weight excluding hydrogens is 374 g/mol. The van der Waals surface area contributed by atoms with Crippen LogP contribution in [-0.2, 0) is 9.48 Å². The summed E-state index contributed by atoms with van der Waals surface area (Å²) < 4.78 is 32.6. The van der Waals surface area contributed by atoms with Gasteiger partial charge in [-0.2, -0.15) is 0 Å². The Morgan fingerprint density at radius 3 is 2.96 bits per heavy atom. The number of anilines is 1. The average molecular weight is 390 g/mol. The number of nitrogens with zero attached hydrogens (tertiary/aromatic N) is 2. The van der Waals surface area contributed by atoms with Crippen LogP contribution in [0, 0.1) is 17.6 Å². The Bertz CT molecular complexity index is 922. The van der Waals surface area contributed by atoms with E-state index in [1.54, 1.807) is 6.07 Å². The smallest absolute Gasteiger partial charge is 0.274 e. The number of aliphatic imine (C=N–C) groups is 1. The molecule has 1 aromatic carbocycles. The number of hydrogen-bond donors (Lipinski definition) is 2. The van der Waals surface area contributed by atoms with Gasteiger partial charge in [0.05, 0.1) is 24.2 Å². The zero-order valence-electron chi connectivity index (χ0n) is 14.1. The average Bonchev–Trinajstić information content (AvgIpc) is 3.07. The molecule has 1 aromatic heterocycles. The molecule has 0 unspecified atom stereocenters. The standard InChI is InChI=1S/C18H16F2N4O2S/c19-11-1-4-15(22-7-11)16(25)24-12-2-3-14(20)13(5-12)18-9-26-8-10(18)6-23-17(21)27-18/h1-5,7,10H,6,8-9H2,(H2,21,23)(H,24,25)/t10-,18-/m0/s1. The molecule has 0 bridgehead atoms. The highest BCUT2D eigenvalue weighted by Gasteiger charge is 2.50. The van der Waals surface area contributed by atoms with Crippen molar-refractivity contribution in [2.45, 2.75) is 4.75 Å². The summed E-state index contributed by atoms with van der Waals surface area (Å²) in [6.45, 7) is 1.25. The Labute approximate surface area is 158 Å². The monoisotopic (exact) mass is 390 g/mol. The number of thioether (sulfide) groups is 1. The van der Waals surface area contributed by atoms with E-state index in [0.29, 0.717) is 36.2 Å². The molecule has 0 spiro atoms. The van der Waals surface area contributed by atoms with Gasteiger partial charge in [-0.05, 0) is 30.3 Å². The van der Waals surface area contributed by atoms with Gasteiger partial charge in [-0.25, -0.2) is 13.8 Å². The third-order valence-electron chi connectivity index (χ3n) is 4.69. The van der Waals surface area contributed by atoms with Crippen molar-refractivity contribution in [2.24, 2.45) is 16.6 Å². The fourth-order valence-electron chi connectivity index (χ4n) is 3.32. The minimum absolute atomic E-state index is 0.00554. The first kappa shape index (κ1) is 17.9. The number of nitrogens with two attached hydrogens (primary N) is 1. The predicted molar refractivity (Wildman–Crippen MR) is 98.6 cm³/mol. The van der Waals surface area contributed by atoms with Crippen LogP contribution in [0.5, 0.6) is 0 Å². The molecule has 4 rings (SSSR count).